The van der Waals surface area contributed by atoms with Crippen LogP contribution in [0.4, 0.5) is 0 Å². The molecule has 2 N–H and O–H groups in total. The number of nitrogens with zero attached hydrogens (tertiary/aromatic N) is 1. The predicted molar refractivity (Wildman–Crippen MR) is 107 cm³/mol. The first kappa shape index (κ1) is 22.5. The number of hydrogen-bond acceptors (Lipinski definition) is 3. The normalized spacial score (nSPS) is 20.2. The van der Waals surface area contributed by atoms with E-state index in [2.05, 4.69) is 22.8 Å². The maximum Gasteiger partial charge on any atom is 0.225 e. The number of amides is 2. The fourth-order valence-electron chi connectivity index (χ4n) is 3.15. The minimum Gasteiger partial charge on any atom is -0.356 e. The van der Waals surface area contributed by atoms with Crippen LogP contribution in [0.15, 0.2) is 30.3 Å². The van der Waals surface area contributed by atoms with Crippen molar-refractivity contribution >= 4 is 24.2 Å². The molecule has 1 saturated heterocycles. The summed E-state index contributed by atoms with van der Waals surface area (Å²) in [5, 5.41) is 6.50. The van der Waals surface area contributed by atoms with E-state index in [1.807, 2.05) is 36.9 Å². The topological polar surface area (TPSA) is 61.4 Å². The van der Waals surface area contributed by atoms with Gasteiger partial charge in [-0.25, -0.2) is 0 Å². The SMILES string of the molecule is CC(C)C(=O)N1CCCCNC(=O)CC(c2ccccc2)NCCC1.Cl. The third-order valence-electron chi connectivity index (χ3n) is 4.57. The van der Waals surface area contributed by atoms with Gasteiger partial charge in [0.1, 0.15) is 0 Å². The van der Waals surface area contributed by atoms with Gasteiger partial charge in [-0.15, -0.1) is 12.4 Å². The molecule has 1 unspecified atom stereocenters. The summed E-state index contributed by atoms with van der Waals surface area (Å²) >= 11 is 0. The Morgan fingerprint density at radius 3 is 2.46 bits per heavy atom. The molecule has 0 radical (unpaired) electrons. The lowest BCUT2D eigenvalue weighted by Crippen LogP contribution is -2.37. The molecule has 1 aliphatic rings. The summed E-state index contributed by atoms with van der Waals surface area (Å²) in [5.74, 6) is 0.328. The van der Waals surface area contributed by atoms with Gasteiger partial charge in [-0.05, 0) is 31.4 Å². The summed E-state index contributed by atoms with van der Waals surface area (Å²) in [4.78, 5) is 26.5. The van der Waals surface area contributed by atoms with Crippen LogP contribution in [-0.2, 0) is 9.59 Å². The molecule has 0 aromatic heterocycles. The number of nitrogens with one attached hydrogen (secondary N) is 2. The first-order valence-electron chi connectivity index (χ1n) is 9.41. The van der Waals surface area contributed by atoms with E-state index in [1.165, 1.54) is 0 Å². The highest BCUT2D eigenvalue weighted by molar-refractivity contribution is 5.85. The summed E-state index contributed by atoms with van der Waals surface area (Å²) in [6, 6.07) is 10.1. The van der Waals surface area contributed by atoms with E-state index in [0.29, 0.717) is 13.0 Å². The monoisotopic (exact) mass is 381 g/mol. The Balaban J connectivity index is 0.00000338. The van der Waals surface area contributed by atoms with Gasteiger partial charge in [-0.3, -0.25) is 9.59 Å². The number of hydrogen-bond donors (Lipinski definition) is 2. The van der Waals surface area contributed by atoms with Gasteiger partial charge in [-0.1, -0.05) is 44.2 Å². The number of carbonyl (C=O) groups is 2. The standard InChI is InChI=1S/C20H31N3O2.ClH/c1-16(2)20(25)23-13-7-6-11-22-19(24)15-18(21-12-8-14-23)17-9-4-3-5-10-17;/h3-5,9-10,16,18,21H,6-8,11-15H2,1-2H3,(H,22,24);1H. The van der Waals surface area contributed by atoms with E-state index < -0.39 is 0 Å². The summed E-state index contributed by atoms with van der Waals surface area (Å²) in [6.45, 7) is 6.90. The Bertz CT molecular complexity index is 551. The van der Waals surface area contributed by atoms with Crippen molar-refractivity contribution in [3.63, 3.8) is 0 Å². The highest BCUT2D eigenvalue weighted by atomic mass is 35.5. The van der Waals surface area contributed by atoms with Crippen LogP contribution in [0.1, 0.15) is 51.1 Å². The molecule has 1 heterocycles. The molecule has 0 aliphatic carbocycles. The number of halogens is 1. The second kappa shape index (κ2) is 11.9. The zero-order valence-electron chi connectivity index (χ0n) is 15.9. The highest BCUT2D eigenvalue weighted by Crippen LogP contribution is 2.17. The molecule has 0 saturated carbocycles. The minimum atomic E-state index is 0. The first-order chi connectivity index (χ1) is 12.1. The zero-order chi connectivity index (χ0) is 18.1. The number of benzene rings is 1. The van der Waals surface area contributed by atoms with Gasteiger partial charge < -0.3 is 15.5 Å². The van der Waals surface area contributed by atoms with Crippen molar-refractivity contribution in [3.05, 3.63) is 35.9 Å². The van der Waals surface area contributed by atoms with Crippen LogP contribution in [0.2, 0.25) is 0 Å². The van der Waals surface area contributed by atoms with E-state index in [4.69, 9.17) is 0 Å². The van der Waals surface area contributed by atoms with E-state index in [1.54, 1.807) is 0 Å². The molecular weight excluding hydrogens is 350 g/mol. The van der Waals surface area contributed by atoms with Gasteiger partial charge in [0.2, 0.25) is 11.8 Å². The van der Waals surface area contributed by atoms with E-state index in [0.717, 1.165) is 44.5 Å². The van der Waals surface area contributed by atoms with Crippen LogP contribution in [-0.4, -0.2) is 42.9 Å². The van der Waals surface area contributed by atoms with Crippen LogP contribution in [0.3, 0.4) is 0 Å². The van der Waals surface area contributed by atoms with Gasteiger partial charge in [0.15, 0.2) is 0 Å². The molecule has 6 heteroatoms. The average Bonchev–Trinajstić information content (AvgIpc) is 2.63. The van der Waals surface area contributed by atoms with Gasteiger partial charge in [0.25, 0.3) is 0 Å². The van der Waals surface area contributed by atoms with Crippen molar-refractivity contribution in [2.75, 3.05) is 26.2 Å². The first-order valence-corrected chi connectivity index (χ1v) is 9.41. The molecule has 1 aromatic rings. The average molecular weight is 382 g/mol. The molecule has 1 aliphatic heterocycles. The maximum atomic E-state index is 12.4. The summed E-state index contributed by atoms with van der Waals surface area (Å²) in [6.07, 6.45) is 3.16. The van der Waals surface area contributed by atoms with Crippen molar-refractivity contribution in [1.29, 1.82) is 0 Å². The molecule has 2 rings (SSSR count). The third kappa shape index (κ3) is 7.34. The second-order valence-corrected chi connectivity index (χ2v) is 7.01. The summed E-state index contributed by atoms with van der Waals surface area (Å²) in [5.41, 5.74) is 1.13. The Morgan fingerprint density at radius 1 is 1.08 bits per heavy atom. The molecule has 1 atom stereocenters. The Labute approximate surface area is 163 Å². The van der Waals surface area contributed by atoms with Crippen LogP contribution < -0.4 is 10.6 Å². The van der Waals surface area contributed by atoms with E-state index in [9.17, 15) is 9.59 Å². The van der Waals surface area contributed by atoms with E-state index >= 15 is 0 Å². The highest BCUT2D eigenvalue weighted by Gasteiger charge is 2.19. The van der Waals surface area contributed by atoms with Gasteiger partial charge in [0, 0.05) is 38.0 Å². The minimum absolute atomic E-state index is 0. The van der Waals surface area contributed by atoms with Crippen LogP contribution in [0.5, 0.6) is 0 Å². The fraction of sp³-hybridized carbons (Fsp3) is 0.600. The van der Waals surface area contributed by atoms with Crippen molar-refractivity contribution < 1.29 is 9.59 Å². The second-order valence-electron chi connectivity index (χ2n) is 7.01. The fourth-order valence-corrected chi connectivity index (χ4v) is 3.15. The van der Waals surface area contributed by atoms with Crippen LogP contribution >= 0.6 is 12.4 Å². The van der Waals surface area contributed by atoms with Crippen LogP contribution in [0, 0.1) is 5.92 Å². The zero-order valence-corrected chi connectivity index (χ0v) is 16.7. The largest absolute Gasteiger partial charge is 0.356 e. The van der Waals surface area contributed by atoms with Crippen molar-refractivity contribution in [1.82, 2.24) is 15.5 Å². The summed E-state index contributed by atoms with van der Waals surface area (Å²) in [7, 11) is 0. The molecule has 1 fully saturated rings. The quantitative estimate of drug-likeness (QED) is 0.828. The Morgan fingerprint density at radius 2 is 1.77 bits per heavy atom. The molecule has 26 heavy (non-hydrogen) atoms. The molecule has 2 amide bonds. The van der Waals surface area contributed by atoms with E-state index in [-0.39, 0.29) is 36.2 Å². The predicted octanol–water partition coefficient (Wildman–Crippen LogP) is 2.91. The molecule has 0 spiro atoms. The lowest BCUT2D eigenvalue weighted by molar-refractivity contribution is -0.134. The number of rotatable bonds is 2. The van der Waals surface area contributed by atoms with Crippen molar-refractivity contribution in [2.45, 2.75) is 45.6 Å². The van der Waals surface area contributed by atoms with Gasteiger partial charge >= 0.3 is 0 Å². The smallest absolute Gasteiger partial charge is 0.225 e. The number of carbonyl (C=O) groups excluding carboxylic acids is 2. The van der Waals surface area contributed by atoms with Gasteiger partial charge in [0.05, 0.1) is 0 Å². The molecule has 1 aromatic carbocycles. The van der Waals surface area contributed by atoms with Crippen molar-refractivity contribution in [3.8, 4) is 0 Å². The lowest BCUT2D eigenvalue weighted by Gasteiger charge is -2.25. The van der Waals surface area contributed by atoms with Gasteiger partial charge in [-0.2, -0.15) is 0 Å². The molecule has 5 nitrogen and oxygen atoms in total. The Hall–Kier alpha value is -1.59. The maximum absolute atomic E-state index is 12.4. The lowest BCUT2D eigenvalue weighted by atomic mass is 10.0. The van der Waals surface area contributed by atoms with Crippen molar-refractivity contribution in [2.24, 2.45) is 5.92 Å². The summed E-state index contributed by atoms with van der Waals surface area (Å²) < 4.78 is 0. The molecular formula is C20H32ClN3O2. The molecule has 0 bridgehead atoms. The molecule has 146 valence electrons. The van der Waals surface area contributed by atoms with Crippen LogP contribution in [0.25, 0.3) is 0 Å². The Kier molecular flexibility index (Phi) is 10.3. The third-order valence-corrected chi connectivity index (χ3v) is 4.57.